The molecule has 0 aromatic heterocycles. The molecule has 0 saturated carbocycles. The molecule has 0 bridgehead atoms. The third kappa shape index (κ3) is 5.30. The Morgan fingerprint density at radius 1 is 0.968 bits per heavy atom. The van der Waals surface area contributed by atoms with E-state index in [9.17, 15) is 4.79 Å². The molecule has 3 aromatic rings. The number of carboxylic acid groups (broad SMARTS) is 1. The topological polar surface area (TPSA) is 55.8 Å². The zero-order valence-corrected chi connectivity index (χ0v) is 17.9. The van der Waals surface area contributed by atoms with Crippen molar-refractivity contribution in [1.29, 1.82) is 0 Å². The van der Waals surface area contributed by atoms with Gasteiger partial charge in [-0.15, -0.1) is 11.8 Å². The summed E-state index contributed by atoms with van der Waals surface area (Å²) < 4.78 is 11.2. The second-order valence-electron chi connectivity index (χ2n) is 7.18. The van der Waals surface area contributed by atoms with Gasteiger partial charge >= 0.3 is 5.97 Å². The highest BCUT2D eigenvalue weighted by Crippen LogP contribution is 2.41. The molecule has 1 heterocycles. The van der Waals surface area contributed by atoms with E-state index in [2.05, 4.69) is 54.6 Å². The summed E-state index contributed by atoms with van der Waals surface area (Å²) in [6.45, 7) is 0.0752. The fraction of sp³-hybridized carbons (Fsp3) is 0.192. The average molecular weight is 433 g/mol. The molecular formula is C26H24O4S. The van der Waals surface area contributed by atoms with Gasteiger partial charge < -0.3 is 14.6 Å². The molecule has 1 N–H and O–H groups in total. The van der Waals surface area contributed by atoms with Crippen LogP contribution >= 0.6 is 11.8 Å². The Balaban J connectivity index is 1.47. The summed E-state index contributed by atoms with van der Waals surface area (Å²) in [5.41, 5.74) is 4.77. The maximum Gasteiger partial charge on any atom is 0.341 e. The van der Waals surface area contributed by atoms with Crippen molar-refractivity contribution in [2.75, 3.05) is 19.0 Å². The molecule has 0 radical (unpaired) electrons. The van der Waals surface area contributed by atoms with E-state index in [1.165, 1.54) is 16.7 Å². The number of allylic oxidation sites excluding steroid dienone is 1. The number of ether oxygens (including phenoxy) is 2. The molecule has 158 valence electrons. The molecular weight excluding hydrogens is 408 g/mol. The van der Waals surface area contributed by atoms with Crippen molar-refractivity contribution < 1.29 is 19.4 Å². The molecule has 0 unspecified atom stereocenters. The maximum absolute atomic E-state index is 10.9. The molecule has 4 rings (SSSR count). The van der Waals surface area contributed by atoms with E-state index in [0.717, 1.165) is 17.7 Å². The van der Waals surface area contributed by atoms with Gasteiger partial charge in [0.1, 0.15) is 6.61 Å². The summed E-state index contributed by atoms with van der Waals surface area (Å²) in [5, 5.41) is 9.18. The fourth-order valence-electron chi connectivity index (χ4n) is 3.67. The van der Waals surface area contributed by atoms with E-state index < -0.39 is 5.97 Å². The summed E-state index contributed by atoms with van der Waals surface area (Å²) in [6.07, 6.45) is 2.99. The number of rotatable bonds is 9. The van der Waals surface area contributed by atoms with E-state index in [1.54, 1.807) is 6.07 Å². The second kappa shape index (κ2) is 10.2. The largest absolute Gasteiger partial charge is 0.485 e. The number of hydrogen-bond donors (Lipinski definition) is 1. The lowest BCUT2D eigenvalue weighted by Gasteiger charge is -2.22. The lowest BCUT2D eigenvalue weighted by Crippen LogP contribution is -2.12. The highest BCUT2D eigenvalue weighted by Gasteiger charge is 2.20. The number of hydrogen-bond acceptors (Lipinski definition) is 4. The molecule has 4 nitrogen and oxygen atoms in total. The van der Waals surface area contributed by atoms with Crippen LogP contribution in [0.2, 0.25) is 0 Å². The highest BCUT2D eigenvalue weighted by molar-refractivity contribution is 7.99. The Morgan fingerprint density at radius 3 is 2.29 bits per heavy atom. The van der Waals surface area contributed by atoms with Crippen LogP contribution in [-0.2, 0) is 4.79 Å². The molecule has 0 fully saturated rings. The van der Waals surface area contributed by atoms with Crippen LogP contribution in [0.5, 0.6) is 11.5 Å². The van der Waals surface area contributed by atoms with Gasteiger partial charge in [-0.25, -0.2) is 4.79 Å². The minimum Gasteiger partial charge on any atom is -0.485 e. The number of aliphatic carboxylic acids is 1. The molecule has 1 aliphatic heterocycles. The Kier molecular flexibility index (Phi) is 6.95. The number of para-hydroxylation sites is 1. The Bertz CT molecular complexity index is 1010. The van der Waals surface area contributed by atoms with Crippen molar-refractivity contribution in [2.24, 2.45) is 0 Å². The van der Waals surface area contributed by atoms with Crippen LogP contribution in [0.3, 0.4) is 0 Å². The predicted octanol–water partition coefficient (Wildman–Crippen LogP) is 5.84. The van der Waals surface area contributed by atoms with Crippen molar-refractivity contribution in [2.45, 2.75) is 11.7 Å². The number of carboxylic acids is 1. The van der Waals surface area contributed by atoms with E-state index in [-0.39, 0.29) is 11.9 Å². The van der Waals surface area contributed by atoms with Gasteiger partial charge in [0.25, 0.3) is 0 Å². The number of fused-ring (bicyclic) bond motifs is 1. The first-order chi connectivity index (χ1) is 15.2. The Morgan fingerprint density at radius 2 is 1.65 bits per heavy atom. The molecule has 5 heteroatoms. The van der Waals surface area contributed by atoms with Gasteiger partial charge in [0.15, 0.2) is 18.1 Å². The van der Waals surface area contributed by atoms with Gasteiger partial charge in [-0.3, -0.25) is 0 Å². The molecule has 3 aromatic carbocycles. The first kappa shape index (κ1) is 21.1. The van der Waals surface area contributed by atoms with Crippen LogP contribution < -0.4 is 9.47 Å². The molecule has 0 aliphatic carbocycles. The number of thioether (sulfide) groups is 1. The third-order valence-corrected chi connectivity index (χ3v) is 6.41. The molecule has 0 spiro atoms. The highest BCUT2D eigenvalue weighted by atomic mass is 32.2. The Labute approximate surface area is 186 Å². The molecule has 1 aliphatic rings. The minimum absolute atomic E-state index is 0.271. The fourth-order valence-corrected chi connectivity index (χ4v) is 4.94. The number of carbonyl (C=O) groups is 1. The molecule has 0 atom stereocenters. The van der Waals surface area contributed by atoms with E-state index in [0.29, 0.717) is 18.1 Å². The van der Waals surface area contributed by atoms with Gasteiger partial charge in [0.2, 0.25) is 0 Å². The van der Waals surface area contributed by atoms with E-state index in [1.807, 2.05) is 36.0 Å². The predicted molar refractivity (Wildman–Crippen MR) is 125 cm³/mol. The van der Waals surface area contributed by atoms with Gasteiger partial charge in [-0.05, 0) is 41.0 Å². The maximum atomic E-state index is 10.9. The van der Waals surface area contributed by atoms with Crippen molar-refractivity contribution in [1.82, 2.24) is 0 Å². The molecule has 31 heavy (non-hydrogen) atoms. The van der Waals surface area contributed by atoms with Crippen LogP contribution in [0.1, 0.15) is 28.4 Å². The standard InChI is InChI=1S/C26H24O4S/c27-24(28)18-30-23-13-7-12-22-19(14-16-29-25(22)23)15-17-31-26(20-8-3-1-4-9-20)21-10-5-2-6-11-21/h1-14,26H,15-18H2,(H,27,28). The van der Waals surface area contributed by atoms with E-state index in [4.69, 9.17) is 14.6 Å². The first-order valence-corrected chi connectivity index (χ1v) is 11.3. The van der Waals surface area contributed by atoms with Gasteiger partial charge in [0, 0.05) is 5.56 Å². The third-order valence-electron chi connectivity index (χ3n) is 5.09. The Hall–Kier alpha value is -3.18. The van der Waals surface area contributed by atoms with Crippen molar-refractivity contribution in [3.63, 3.8) is 0 Å². The quantitative estimate of drug-likeness (QED) is 0.460. The summed E-state index contributed by atoms with van der Waals surface area (Å²) in [6, 6.07) is 26.8. The summed E-state index contributed by atoms with van der Waals surface area (Å²) in [5.74, 6) is 1.05. The monoisotopic (exact) mass is 432 g/mol. The zero-order chi connectivity index (χ0) is 21.5. The van der Waals surface area contributed by atoms with Crippen molar-refractivity contribution >= 4 is 23.3 Å². The van der Waals surface area contributed by atoms with Gasteiger partial charge in [-0.1, -0.05) is 72.8 Å². The van der Waals surface area contributed by atoms with Crippen molar-refractivity contribution in [3.05, 3.63) is 102 Å². The molecule has 0 saturated heterocycles. The van der Waals surface area contributed by atoms with Crippen LogP contribution in [0.25, 0.3) is 5.57 Å². The lowest BCUT2D eigenvalue weighted by molar-refractivity contribution is -0.139. The van der Waals surface area contributed by atoms with E-state index >= 15 is 0 Å². The summed E-state index contributed by atoms with van der Waals surface area (Å²) in [4.78, 5) is 10.9. The van der Waals surface area contributed by atoms with Crippen LogP contribution in [0.4, 0.5) is 0 Å². The number of benzene rings is 3. The SMILES string of the molecule is O=C(O)COc1cccc2c1OCC=C2CCSC(c1ccccc1)c1ccccc1. The first-order valence-electron chi connectivity index (χ1n) is 10.2. The van der Waals surface area contributed by atoms with Gasteiger partial charge in [-0.2, -0.15) is 0 Å². The summed E-state index contributed by atoms with van der Waals surface area (Å²) >= 11 is 1.92. The second-order valence-corrected chi connectivity index (χ2v) is 8.39. The minimum atomic E-state index is -1.01. The average Bonchev–Trinajstić information content (AvgIpc) is 2.81. The van der Waals surface area contributed by atoms with Gasteiger partial charge in [0.05, 0.1) is 5.25 Å². The normalized spacial score (nSPS) is 12.6. The zero-order valence-electron chi connectivity index (χ0n) is 17.1. The smallest absolute Gasteiger partial charge is 0.341 e. The van der Waals surface area contributed by atoms with Crippen LogP contribution in [0, 0.1) is 0 Å². The summed E-state index contributed by atoms with van der Waals surface area (Å²) in [7, 11) is 0. The van der Waals surface area contributed by atoms with Crippen LogP contribution in [-0.4, -0.2) is 30.0 Å². The van der Waals surface area contributed by atoms with Crippen LogP contribution in [0.15, 0.2) is 84.9 Å². The van der Waals surface area contributed by atoms with Crippen molar-refractivity contribution in [3.8, 4) is 11.5 Å². The molecule has 0 amide bonds. The lowest BCUT2D eigenvalue weighted by atomic mass is 10.00.